The van der Waals surface area contributed by atoms with Gasteiger partial charge in [-0.3, -0.25) is 4.90 Å². The molecule has 1 atom stereocenters. The van der Waals surface area contributed by atoms with E-state index in [9.17, 15) is 0 Å². The maximum atomic E-state index is 3.58. The van der Waals surface area contributed by atoms with E-state index in [1.807, 2.05) is 0 Å². The minimum Gasteiger partial charge on any atom is -0.310 e. The SMILES string of the molecule is CC1CCCN(Cc2ccc(CNC3CC3)cc2)CC1. The van der Waals surface area contributed by atoms with E-state index in [-0.39, 0.29) is 0 Å². The molecular weight excluding hydrogens is 244 g/mol. The van der Waals surface area contributed by atoms with Crippen molar-refractivity contribution in [3.05, 3.63) is 35.4 Å². The highest BCUT2D eigenvalue weighted by Crippen LogP contribution is 2.20. The number of likely N-dealkylation sites (tertiary alicyclic amines) is 1. The molecule has 0 aromatic heterocycles. The summed E-state index contributed by atoms with van der Waals surface area (Å²) in [6.07, 6.45) is 6.87. The lowest BCUT2D eigenvalue weighted by molar-refractivity contribution is 0.273. The van der Waals surface area contributed by atoms with Crippen molar-refractivity contribution in [2.45, 2.75) is 58.2 Å². The van der Waals surface area contributed by atoms with Crippen LogP contribution < -0.4 is 5.32 Å². The molecule has 0 bridgehead atoms. The van der Waals surface area contributed by atoms with Crippen LogP contribution in [0.15, 0.2) is 24.3 Å². The normalized spacial score (nSPS) is 24.6. The summed E-state index contributed by atoms with van der Waals surface area (Å²) in [6.45, 7) is 7.10. The molecule has 1 aromatic carbocycles. The fraction of sp³-hybridized carbons (Fsp3) is 0.667. The quantitative estimate of drug-likeness (QED) is 0.881. The molecule has 1 N–H and O–H groups in total. The zero-order valence-electron chi connectivity index (χ0n) is 12.8. The molecule has 1 aromatic rings. The Morgan fingerprint density at radius 1 is 1.00 bits per heavy atom. The summed E-state index contributed by atoms with van der Waals surface area (Å²) in [4.78, 5) is 2.63. The van der Waals surface area contributed by atoms with Gasteiger partial charge in [-0.25, -0.2) is 0 Å². The summed E-state index contributed by atoms with van der Waals surface area (Å²) < 4.78 is 0. The first-order valence-corrected chi connectivity index (χ1v) is 8.33. The van der Waals surface area contributed by atoms with Gasteiger partial charge in [0.05, 0.1) is 0 Å². The van der Waals surface area contributed by atoms with Gasteiger partial charge in [0.25, 0.3) is 0 Å². The van der Waals surface area contributed by atoms with Crippen LogP contribution in [0, 0.1) is 5.92 Å². The average molecular weight is 272 g/mol. The molecule has 0 spiro atoms. The van der Waals surface area contributed by atoms with Gasteiger partial charge in [-0.1, -0.05) is 31.2 Å². The van der Waals surface area contributed by atoms with E-state index in [0.29, 0.717) is 0 Å². The monoisotopic (exact) mass is 272 g/mol. The molecule has 0 radical (unpaired) electrons. The molecule has 1 heterocycles. The van der Waals surface area contributed by atoms with Crippen molar-refractivity contribution in [1.29, 1.82) is 0 Å². The fourth-order valence-corrected chi connectivity index (χ4v) is 3.05. The van der Waals surface area contributed by atoms with Crippen LogP contribution in [0.5, 0.6) is 0 Å². The summed E-state index contributed by atoms with van der Waals surface area (Å²) in [6, 6.07) is 10.0. The molecule has 0 amide bonds. The highest BCUT2D eigenvalue weighted by atomic mass is 15.1. The smallest absolute Gasteiger partial charge is 0.0233 e. The molecule has 2 heteroatoms. The number of nitrogens with one attached hydrogen (secondary N) is 1. The van der Waals surface area contributed by atoms with Crippen LogP contribution in [-0.4, -0.2) is 24.0 Å². The molecule has 2 aliphatic rings. The van der Waals surface area contributed by atoms with Crippen LogP contribution in [0.4, 0.5) is 0 Å². The maximum Gasteiger partial charge on any atom is 0.0233 e. The molecule has 3 rings (SSSR count). The van der Waals surface area contributed by atoms with Gasteiger partial charge in [-0.05, 0) is 62.2 Å². The van der Waals surface area contributed by atoms with Crippen LogP contribution in [0.25, 0.3) is 0 Å². The molecule has 1 unspecified atom stereocenters. The van der Waals surface area contributed by atoms with E-state index in [2.05, 4.69) is 41.4 Å². The maximum absolute atomic E-state index is 3.58. The van der Waals surface area contributed by atoms with Crippen molar-refractivity contribution >= 4 is 0 Å². The highest BCUT2D eigenvalue weighted by Gasteiger charge is 2.19. The third-order valence-corrected chi connectivity index (χ3v) is 4.71. The first-order chi connectivity index (χ1) is 9.79. The van der Waals surface area contributed by atoms with E-state index in [1.165, 1.54) is 56.3 Å². The Bertz CT molecular complexity index is 408. The van der Waals surface area contributed by atoms with Crippen LogP contribution in [0.3, 0.4) is 0 Å². The standard InChI is InChI=1S/C18H28N2/c1-15-3-2-11-20(12-10-15)14-17-6-4-16(5-7-17)13-19-18-8-9-18/h4-7,15,18-19H,2-3,8-14H2,1H3. The molecule has 2 fully saturated rings. The van der Waals surface area contributed by atoms with Gasteiger partial charge < -0.3 is 5.32 Å². The van der Waals surface area contributed by atoms with E-state index in [0.717, 1.165) is 25.0 Å². The van der Waals surface area contributed by atoms with E-state index >= 15 is 0 Å². The summed E-state index contributed by atoms with van der Waals surface area (Å²) in [5.41, 5.74) is 2.89. The van der Waals surface area contributed by atoms with Gasteiger partial charge in [0.2, 0.25) is 0 Å². The zero-order chi connectivity index (χ0) is 13.8. The Kier molecular flexibility index (Phi) is 4.74. The second-order valence-corrected chi connectivity index (χ2v) is 6.78. The molecule has 1 aliphatic heterocycles. The number of hydrogen-bond acceptors (Lipinski definition) is 2. The topological polar surface area (TPSA) is 15.3 Å². The molecule has 1 saturated heterocycles. The highest BCUT2D eigenvalue weighted by molar-refractivity contribution is 5.22. The largest absolute Gasteiger partial charge is 0.310 e. The Morgan fingerprint density at radius 2 is 1.75 bits per heavy atom. The van der Waals surface area contributed by atoms with Gasteiger partial charge in [0.1, 0.15) is 0 Å². The summed E-state index contributed by atoms with van der Waals surface area (Å²) in [7, 11) is 0. The Hall–Kier alpha value is -0.860. The molecule has 1 saturated carbocycles. The molecular formula is C18H28N2. The van der Waals surface area contributed by atoms with E-state index in [4.69, 9.17) is 0 Å². The first kappa shape index (κ1) is 14.1. The number of rotatable bonds is 5. The minimum atomic E-state index is 0.800. The minimum absolute atomic E-state index is 0.800. The Labute approximate surface area is 123 Å². The van der Waals surface area contributed by atoms with Gasteiger partial charge in [0, 0.05) is 19.1 Å². The third kappa shape index (κ3) is 4.32. The third-order valence-electron chi connectivity index (χ3n) is 4.71. The van der Waals surface area contributed by atoms with E-state index in [1.54, 1.807) is 0 Å². The second-order valence-electron chi connectivity index (χ2n) is 6.78. The summed E-state index contributed by atoms with van der Waals surface area (Å²) >= 11 is 0. The molecule has 20 heavy (non-hydrogen) atoms. The number of hydrogen-bond donors (Lipinski definition) is 1. The summed E-state index contributed by atoms with van der Waals surface area (Å²) in [5.74, 6) is 0.913. The lowest BCUT2D eigenvalue weighted by Gasteiger charge is -2.20. The zero-order valence-corrected chi connectivity index (χ0v) is 12.8. The van der Waals surface area contributed by atoms with Crippen molar-refractivity contribution in [2.24, 2.45) is 5.92 Å². The predicted molar refractivity (Wildman–Crippen MR) is 84.6 cm³/mol. The molecule has 110 valence electrons. The van der Waals surface area contributed by atoms with E-state index < -0.39 is 0 Å². The van der Waals surface area contributed by atoms with Gasteiger partial charge in [0.15, 0.2) is 0 Å². The van der Waals surface area contributed by atoms with Gasteiger partial charge in [-0.15, -0.1) is 0 Å². The molecule has 1 aliphatic carbocycles. The van der Waals surface area contributed by atoms with Crippen LogP contribution in [0.1, 0.15) is 50.2 Å². The first-order valence-electron chi connectivity index (χ1n) is 8.33. The number of nitrogens with zero attached hydrogens (tertiary/aromatic N) is 1. The lowest BCUT2D eigenvalue weighted by atomic mass is 10.0. The van der Waals surface area contributed by atoms with Crippen LogP contribution in [-0.2, 0) is 13.1 Å². The molecule has 2 nitrogen and oxygen atoms in total. The average Bonchev–Trinajstić information content (AvgIpc) is 3.28. The Morgan fingerprint density at radius 3 is 2.50 bits per heavy atom. The van der Waals surface area contributed by atoms with Crippen molar-refractivity contribution in [1.82, 2.24) is 10.2 Å². The van der Waals surface area contributed by atoms with Crippen molar-refractivity contribution in [2.75, 3.05) is 13.1 Å². The number of benzene rings is 1. The van der Waals surface area contributed by atoms with Crippen molar-refractivity contribution in [3.63, 3.8) is 0 Å². The van der Waals surface area contributed by atoms with Gasteiger partial charge in [-0.2, -0.15) is 0 Å². The van der Waals surface area contributed by atoms with Crippen LogP contribution in [0.2, 0.25) is 0 Å². The van der Waals surface area contributed by atoms with Crippen LogP contribution >= 0.6 is 0 Å². The summed E-state index contributed by atoms with van der Waals surface area (Å²) in [5, 5.41) is 3.58. The van der Waals surface area contributed by atoms with Crippen molar-refractivity contribution in [3.8, 4) is 0 Å². The fourth-order valence-electron chi connectivity index (χ4n) is 3.05. The van der Waals surface area contributed by atoms with Gasteiger partial charge >= 0.3 is 0 Å². The second kappa shape index (κ2) is 6.73. The van der Waals surface area contributed by atoms with Crippen molar-refractivity contribution < 1.29 is 0 Å². The predicted octanol–water partition coefficient (Wildman–Crippen LogP) is 3.56. The Balaban J connectivity index is 1.48. The lowest BCUT2D eigenvalue weighted by Crippen LogP contribution is -2.24.